The molecule has 3 fully saturated rings. The number of ketones is 1. The summed E-state index contributed by atoms with van der Waals surface area (Å²) in [5.74, 6) is 4.81. The molecule has 0 heterocycles. The van der Waals surface area contributed by atoms with Gasteiger partial charge in [-0.25, -0.2) is 0 Å². The molecule has 8 atom stereocenters. The van der Waals surface area contributed by atoms with E-state index in [1.807, 2.05) is 6.08 Å². The van der Waals surface area contributed by atoms with Crippen molar-refractivity contribution in [1.29, 1.82) is 0 Å². The first-order valence-corrected chi connectivity index (χ1v) is 12.6. The van der Waals surface area contributed by atoms with Crippen molar-refractivity contribution >= 4 is 5.78 Å². The van der Waals surface area contributed by atoms with E-state index in [0.717, 1.165) is 42.1 Å². The largest absolute Gasteiger partial charge is 0.389 e. The van der Waals surface area contributed by atoms with Gasteiger partial charge < -0.3 is 5.11 Å². The first-order valence-electron chi connectivity index (χ1n) is 12.6. The third-order valence-corrected chi connectivity index (χ3v) is 10.2. The molecule has 0 radical (unpaired) electrons. The zero-order valence-electron chi connectivity index (χ0n) is 19.5. The highest BCUT2D eigenvalue weighted by Gasteiger charge is 2.60. The van der Waals surface area contributed by atoms with Gasteiger partial charge >= 0.3 is 0 Å². The van der Waals surface area contributed by atoms with Crippen LogP contribution in [-0.4, -0.2) is 17.0 Å². The lowest BCUT2D eigenvalue weighted by Gasteiger charge is -2.59. The molecular weight excluding hydrogens is 356 g/mol. The number of hydrogen-bond acceptors (Lipinski definition) is 2. The van der Waals surface area contributed by atoms with Gasteiger partial charge in [-0.05, 0) is 96.5 Å². The Balaban J connectivity index is 1.53. The van der Waals surface area contributed by atoms with Crippen molar-refractivity contribution in [2.24, 2.45) is 46.3 Å². The van der Waals surface area contributed by atoms with Crippen molar-refractivity contribution in [3.05, 3.63) is 11.6 Å². The van der Waals surface area contributed by atoms with Gasteiger partial charge in [-0.1, -0.05) is 53.9 Å². The summed E-state index contributed by atoms with van der Waals surface area (Å²) in [5, 5.41) is 11.1. The number of carbonyl (C=O) groups excluding carboxylic acids is 1. The van der Waals surface area contributed by atoms with E-state index in [-0.39, 0.29) is 11.2 Å². The summed E-state index contributed by atoms with van der Waals surface area (Å²) in [7, 11) is 0. The van der Waals surface area contributed by atoms with Crippen LogP contribution in [0.15, 0.2) is 11.6 Å². The molecule has 4 aliphatic rings. The van der Waals surface area contributed by atoms with Crippen molar-refractivity contribution in [2.75, 3.05) is 0 Å². The second-order valence-corrected chi connectivity index (χ2v) is 12.1. The molecular formula is C27H44O2. The maximum absolute atomic E-state index is 12.1. The molecule has 4 aliphatic carbocycles. The number of carbonyl (C=O) groups is 1. The number of aliphatic hydroxyl groups is 1. The van der Waals surface area contributed by atoms with E-state index in [1.54, 1.807) is 0 Å². The van der Waals surface area contributed by atoms with Crippen molar-refractivity contribution < 1.29 is 9.90 Å². The molecule has 0 aliphatic heterocycles. The van der Waals surface area contributed by atoms with Gasteiger partial charge in [0.05, 0.1) is 6.10 Å². The molecule has 3 saturated carbocycles. The highest BCUT2D eigenvalue weighted by Crippen LogP contribution is 2.67. The molecule has 29 heavy (non-hydrogen) atoms. The SMILES string of the molecule is CC(C)CCC[C@H](C)[C@H]1CC[C@@H]2[C@@H]3C[C@@H](O)C4=CC(=O)CC[C@]4(C)[C@H]3CC[C@@]21C. The maximum Gasteiger partial charge on any atom is 0.155 e. The van der Waals surface area contributed by atoms with E-state index in [4.69, 9.17) is 0 Å². The smallest absolute Gasteiger partial charge is 0.155 e. The minimum Gasteiger partial charge on any atom is -0.389 e. The minimum atomic E-state index is -0.393. The van der Waals surface area contributed by atoms with E-state index in [1.165, 1.54) is 44.9 Å². The van der Waals surface area contributed by atoms with Crippen LogP contribution in [0.1, 0.15) is 98.8 Å². The summed E-state index contributed by atoms with van der Waals surface area (Å²) in [6.07, 6.45) is 13.5. The van der Waals surface area contributed by atoms with Crippen LogP contribution >= 0.6 is 0 Å². The van der Waals surface area contributed by atoms with Gasteiger partial charge in [-0.15, -0.1) is 0 Å². The van der Waals surface area contributed by atoms with Crippen LogP contribution in [0.4, 0.5) is 0 Å². The molecule has 0 aromatic rings. The average Bonchev–Trinajstić information content (AvgIpc) is 3.00. The van der Waals surface area contributed by atoms with Gasteiger partial charge in [0.15, 0.2) is 5.78 Å². The standard InChI is InChI=1S/C27H44O2/c1-17(2)7-6-8-18(3)21-9-10-22-20-16-25(29)24-15-19(28)11-13-27(24,5)23(20)12-14-26(21,22)4/h15,17-18,20-23,25,29H,6-14,16H2,1-5H3/t18-,20-,21+,22+,23-,25+,26+,27+/m0/s1. The maximum atomic E-state index is 12.1. The lowest BCUT2D eigenvalue weighted by Crippen LogP contribution is -2.54. The lowest BCUT2D eigenvalue weighted by molar-refractivity contribution is -0.119. The predicted octanol–water partition coefficient (Wildman–Crippen LogP) is 6.57. The summed E-state index contributed by atoms with van der Waals surface area (Å²) in [6, 6.07) is 0. The van der Waals surface area contributed by atoms with Crippen molar-refractivity contribution in [2.45, 2.75) is 105 Å². The highest BCUT2D eigenvalue weighted by atomic mass is 16.3. The molecule has 164 valence electrons. The zero-order chi connectivity index (χ0) is 21.0. The number of aliphatic hydroxyl groups excluding tert-OH is 1. The molecule has 1 N–H and O–H groups in total. The van der Waals surface area contributed by atoms with E-state index >= 15 is 0 Å². The Labute approximate surface area is 178 Å². The molecule has 2 heteroatoms. The molecule has 0 aromatic carbocycles. The van der Waals surface area contributed by atoms with E-state index in [0.29, 0.717) is 23.7 Å². The van der Waals surface area contributed by atoms with Crippen molar-refractivity contribution in [1.82, 2.24) is 0 Å². The Kier molecular flexibility index (Phi) is 5.82. The molecule has 0 aromatic heterocycles. The normalized spacial score (nSPS) is 45.4. The average molecular weight is 401 g/mol. The van der Waals surface area contributed by atoms with Crippen LogP contribution < -0.4 is 0 Å². The molecule has 2 nitrogen and oxygen atoms in total. The van der Waals surface area contributed by atoms with E-state index in [9.17, 15) is 9.90 Å². The second-order valence-electron chi connectivity index (χ2n) is 12.1. The quantitative estimate of drug-likeness (QED) is 0.567. The van der Waals surface area contributed by atoms with Crippen LogP contribution in [0, 0.1) is 46.3 Å². The van der Waals surface area contributed by atoms with Gasteiger partial charge in [0.1, 0.15) is 0 Å². The molecule has 0 unspecified atom stereocenters. The first kappa shape index (κ1) is 21.6. The fraction of sp³-hybridized carbons (Fsp3) is 0.889. The molecule has 0 spiro atoms. The Morgan fingerprint density at radius 3 is 2.55 bits per heavy atom. The van der Waals surface area contributed by atoms with E-state index < -0.39 is 6.10 Å². The summed E-state index contributed by atoms with van der Waals surface area (Å²) in [4.78, 5) is 12.1. The van der Waals surface area contributed by atoms with Crippen LogP contribution in [0.3, 0.4) is 0 Å². The van der Waals surface area contributed by atoms with E-state index in [2.05, 4.69) is 34.6 Å². The summed E-state index contributed by atoms with van der Waals surface area (Å²) >= 11 is 0. The molecule has 0 bridgehead atoms. The monoisotopic (exact) mass is 400 g/mol. The van der Waals surface area contributed by atoms with Crippen LogP contribution in [0.25, 0.3) is 0 Å². The third kappa shape index (κ3) is 3.56. The highest BCUT2D eigenvalue weighted by molar-refractivity contribution is 5.91. The molecule has 0 saturated heterocycles. The van der Waals surface area contributed by atoms with Crippen molar-refractivity contribution in [3.63, 3.8) is 0 Å². The summed E-state index contributed by atoms with van der Waals surface area (Å²) in [5.41, 5.74) is 1.59. The topological polar surface area (TPSA) is 37.3 Å². The number of fused-ring (bicyclic) bond motifs is 5. The molecule has 0 amide bonds. The van der Waals surface area contributed by atoms with Crippen LogP contribution in [-0.2, 0) is 4.79 Å². The van der Waals surface area contributed by atoms with Crippen LogP contribution in [0.2, 0.25) is 0 Å². The third-order valence-electron chi connectivity index (χ3n) is 10.2. The Hall–Kier alpha value is -0.630. The predicted molar refractivity (Wildman–Crippen MR) is 119 cm³/mol. The van der Waals surface area contributed by atoms with Gasteiger partial charge in [-0.2, -0.15) is 0 Å². The summed E-state index contributed by atoms with van der Waals surface area (Å²) in [6.45, 7) is 12.2. The zero-order valence-corrected chi connectivity index (χ0v) is 19.5. The second kappa shape index (κ2) is 7.81. The Bertz CT molecular complexity index is 663. The minimum absolute atomic E-state index is 0.0541. The van der Waals surface area contributed by atoms with Gasteiger partial charge in [-0.3, -0.25) is 4.79 Å². The Morgan fingerprint density at radius 2 is 1.83 bits per heavy atom. The number of hydrogen-bond donors (Lipinski definition) is 1. The van der Waals surface area contributed by atoms with Crippen molar-refractivity contribution in [3.8, 4) is 0 Å². The summed E-state index contributed by atoms with van der Waals surface area (Å²) < 4.78 is 0. The van der Waals surface area contributed by atoms with Gasteiger partial charge in [0.2, 0.25) is 0 Å². The fourth-order valence-corrected chi connectivity index (χ4v) is 8.63. The number of rotatable bonds is 5. The lowest BCUT2D eigenvalue weighted by atomic mass is 9.46. The molecule has 4 rings (SSSR count). The van der Waals surface area contributed by atoms with Crippen LogP contribution in [0.5, 0.6) is 0 Å². The van der Waals surface area contributed by atoms with Gasteiger partial charge in [0.25, 0.3) is 0 Å². The van der Waals surface area contributed by atoms with Gasteiger partial charge in [0, 0.05) is 6.42 Å². The first-order chi connectivity index (χ1) is 13.7. The fourth-order valence-electron chi connectivity index (χ4n) is 8.63. The Morgan fingerprint density at radius 1 is 1.07 bits per heavy atom.